The Bertz CT molecular complexity index is 1020. The lowest BCUT2D eigenvalue weighted by atomic mass is 9.98. The van der Waals surface area contributed by atoms with Crippen molar-refractivity contribution in [2.45, 2.75) is 50.6 Å². The van der Waals surface area contributed by atoms with Gasteiger partial charge in [0.2, 0.25) is 5.91 Å². The Balaban J connectivity index is 1.34. The molecule has 2 amide bonds. The average molecular weight is 480 g/mol. The smallest absolute Gasteiger partial charge is 0.407 e. The number of amides is 2. The van der Waals surface area contributed by atoms with Gasteiger partial charge in [-0.2, -0.15) is 0 Å². The van der Waals surface area contributed by atoms with Crippen LogP contribution in [-0.4, -0.2) is 66.3 Å². The fourth-order valence-corrected chi connectivity index (χ4v) is 5.09. The molecule has 1 heterocycles. The summed E-state index contributed by atoms with van der Waals surface area (Å²) in [5.74, 6) is -1.77. The van der Waals surface area contributed by atoms with Crippen LogP contribution in [0.1, 0.15) is 49.7 Å². The number of benzene rings is 2. The molecule has 0 saturated carbocycles. The van der Waals surface area contributed by atoms with E-state index >= 15 is 0 Å². The van der Waals surface area contributed by atoms with Crippen LogP contribution in [0, 0.1) is 0 Å². The third kappa shape index (κ3) is 6.00. The lowest BCUT2D eigenvalue weighted by Crippen LogP contribution is -2.53. The molecule has 1 atom stereocenters. The van der Waals surface area contributed by atoms with Crippen molar-refractivity contribution in [3.05, 3.63) is 59.7 Å². The first kappa shape index (κ1) is 24.7. The molecule has 0 radical (unpaired) electrons. The van der Waals surface area contributed by atoms with Crippen LogP contribution in [0.25, 0.3) is 11.1 Å². The van der Waals surface area contributed by atoms with Crippen LogP contribution in [0.2, 0.25) is 0 Å². The second-order valence-corrected chi connectivity index (χ2v) is 9.24. The molecular weight excluding hydrogens is 446 g/mol. The average Bonchev–Trinajstić information content (AvgIpc) is 3.17. The lowest BCUT2D eigenvalue weighted by molar-refractivity contribution is -0.140. The maximum atomic E-state index is 12.8. The van der Waals surface area contributed by atoms with Gasteiger partial charge in [0.05, 0.1) is 6.42 Å². The van der Waals surface area contributed by atoms with Gasteiger partial charge < -0.3 is 25.4 Å². The second kappa shape index (κ2) is 11.4. The Hall–Kier alpha value is -3.39. The fourth-order valence-electron chi connectivity index (χ4n) is 5.09. The second-order valence-electron chi connectivity index (χ2n) is 9.24. The van der Waals surface area contributed by atoms with E-state index in [9.17, 15) is 19.5 Å². The van der Waals surface area contributed by atoms with E-state index in [2.05, 4.69) is 22.5 Å². The molecule has 3 N–H and O–H groups in total. The first-order valence-corrected chi connectivity index (χ1v) is 12.3. The number of carbonyl (C=O) groups is 3. The molecular formula is C27H33N3O5. The largest absolute Gasteiger partial charge is 0.481 e. The van der Waals surface area contributed by atoms with E-state index < -0.39 is 30.4 Å². The summed E-state index contributed by atoms with van der Waals surface area (Å²) in [6.45, 7) is 5.05. The highest BCUT2D eigenvalue weighted by molar-refractivity contribution is 5.89. The molecule has 1 aliphatic heterocycles. The number of aliphatic carboxylic acids is 1. The standard InChI is InChI=1S/C27H33N3O5/c1-2-13-30-14-11-18(12-15-30)28-26(33)24(16-25(31)32)29-27(34)35-17-23-21-9-5-3-7-19(21)20-8-4-6-10-22(20)23/h3-10,18,23-24H,2,11-17H2,1H3,(H,28,33)(H,29,34)(H,31,32). The van der Waals surface area contributed by atoms with Crippen molar-refractivity contribution in [1.82, 2.24) is 15.5 Å². The first-order valence-electron chi connectivity index (χ1n) is 12.3. The summed E-state index contributed by atoms with van der Waals surface area (Å²) in [5, 5.41) is 14.7. The number of hydrogen-bond acceptors (Lipinski definition) is 5. The third-order valence-electron chi connectivity index (χ3n) is 6.80. The van der Waals surface area contributed by atoms with Gasteiger partial charge in [-0.25, -0.2) is 4.79 Å². The van der Waals surface area contributed by atoms with Crippen LogP contribution < -0.4 is 10.6 Å². The van der Waals surface area contributed by atoms with Gasteiger partial charge in [0.15, 0.2) is 0 Å². The molecule has 35 heavy (non-hydrogen) atoms. The number of carboxylic acids is 1. The maximum absolute atomic E-state index is 12.8. The molecule has 1 unspecified atom stereocenters. The summed E-state index contributed by atoms with van der Waals surface area (Å²) in [7, 11) is 0. The van der Waals surface area contributed by atoms with E-state index in [1.165, 1.54) is 0 Å². The molecule has 0 spiro atoms. The van der Waals surface area contributed by atoms with Crippen LogP contribution in [0.5, 0.6) is 0 Å². The van der Waals surface area contributed by atoms with Crippen molar-refractivity contribution in [2.24, 2.45) is 0 Å². The summed E-state index contributed by atoms with van der Waals surface area (Å²) >= 11 is 0. The normalized spacial score (nSPS) is 16.7. The zero-order chi connectivity index (χ0) is 24.8. The molecule has 1 fully saturated rings. The molecule has 186 valence electrons. The minimum Gasteiger partial charge on any atom is -0.481 e. The number of nitrogens with zero attached hydrogens (tertiary/aromatic N) is 1. The fraction of sp³-hybridized carbons (Fsp3) is 0.444. The third-order valence-corrected chi connectivity index (χ3v) is 6.80. The number of carbonyl (C=O) groups excluding carboxylic acids is 2. The zero-order valence-corrected chi connectivity index (χ0v) is 20.0. The highest BCUT2D eigenvalue weighted by Gasteiger charge is 2.31. The van der Waals surface area contributed by atoms with Gasteiger partial charge in [-0.05, 0) is 48.1 Å². The highest BCUT2D eigenvalue weighted by Crippen LogP contribution is 2.44. The van der Waals surface area contributed by atoms with Gasteiger partial charge in [-0.3, -0.25) is 9.59 Å². The summed E-state index contributed by atoms with van der Waals surface area (Å²) < 4.78 is 5.50. The van der Waals surface area contributed by atoms with Crippen molar-refractivity contribution in [2.75, 3.05) is 26.2 Å². The SMILES string of the molecule is CCCN1CCC(NC(=O)C(CC(=O)O)NC(=O)OCC2c3ccccc3-c3ccccc32)CC1. The van der Waals surface area contributed by atoms with Crippen LogP contribution >= 0.6 is 0 Å². The number of carboxylic acid groups (broad SMARTS) is 1. The van der Waals surface area contributed by atoms with Gasteiger partial charge in [0.25, 0.3) is 0 Å². The quantitative estimate of drug-likeness (QED) is 0.509. The van der Waals surface area contributed by atoms with Crippen molar-refractivity contribution >= 4 is 18.0 Å². The van der Waals surface area contributed by atoms with Crippen LogP contribution in [0.15, 0.2) is 48.5 Å². The van der Waals surface area contributed by atoms with Gasteiger partial charge >= 0.3 is 12.1 Å². The minimum absolute atomic E-state index is 0.0313. The number of ether oxygens (including phenoxy) is 1. The Labute approximate surface area is 205 Å². The number of alkyl carbamates (subject to hydrolysis) is 1. The Morgan fingerprint density at radius 1 is 1.03 bits per heavy atom. The predicted octanol–water partition coefficient (Wildman–Crippen LogP) is 3.36. The Morgan fingerprint density at radius 2 is 1.63 bits per heavy atom. The monoisotopic (exact) mass is 479 g/mol. The summed E-state index contributed by atoms with van der Waals surface area (Å²) in [6.07, 6.45) is 1.38. The van der Waals surface area contributed by atoms with E-state index in [4.69, 9.17) is 4.74 Å². The number of rotatable bonds is 9. The number of nitrogens with one attached hydrogen (secondary N) is 2. The van der Waals surface area contributed by atoms with Crippen molar-refractivity contribution in [3.8, 4) is 11.1 Å². The Kier molecular flexibility index (Phi) is 8.02. The minimum atomic E-state index is -1.20. The van der Waals surface area contributed by atoms with E-state index in [0.29, 0.717) is 0 Å². The predicted molar refractivity (Wildman–Crippen MR) is 132 cm³/mol. The summed E-state index contributed by atoms with van der Waals surface area (Å²) in [4.78, 5) is 39.2. The molecule has 8 nitrogen and oxygen atoms in total. The summed E-state index contributed by atoms with van der Waals surface area (Å²) in [5.41, 5.74) is 4.39. The van der Waals surface area contributed by atoms with Gasteiger partial charge in [-0.15, -0.1) is 0 Å². The van der Waals surface area contributed by atoms with Gasteiger partial charge in [-0.1, -0.05) is 55.5 Å². The molecule has 4 rings (SSSR count). The number of hydrogen-bond donors (Lipinski definition) is 3. The molecule has 8 heteroatoms. The number of piperidine rings is 1. The van der Waals surface area contributed by atoms with Gasteiger partial charge in [0.1, 0.15) is 12.6 Å². The van der Waals surface area contributed by atoms with Crippen LogP contribution in [0.3, 0.4) is 0 Å². The highest BCUT2D eigenvalue weighted by atomic mass is 16.5. The molecule has 2 aromatic carbocycles. The molecule has 0 aromatic heterocycles. The zero-order valence-electron chi connectivity index (χ0n) is 20.0. The van der Waals surface area contributed by atoms with E-state index in [1.54, 1.807) is 0 Å². The van der Waals surface area contributed by atoms with Crippen molar-refractivity contribution in [3.63, 3.8) is 0 Å². The van der Waals surface area contributed by atoms with Crippen molar-refractivity contribution in [1.29, 1.82) is 0 Å². The van der Waals surface area contributed by atoms with Crippen LogP contribution in [-0.2, 0) is 14.3 Å². The molecule has 1 saturated heterocycles. The maximum Gasteiger partial charge on any atom is 0.407 e. The molecule has 0 bridgehead atoms. The van der Waals surface area contributed by atoms with Crippen LogP contribution in [0.4, 0.5) is 4.79 Å². The lowest BCUT2D eigenvalue weighted by Gasteiger charge is -2.32. The summed E-state index contributed by atoms with van der Waals surface area (Å²) in [6, 6.07) is 14.8. The van der Waals surface area contributed by atoms with E-state index in [-0.39, 0.29) is 18.6 Å². The van der Waals surface area contributed by atoms with Gasteiger partial charge in [0, 0.05) is 25.0 Å². The molecule has 1 aliphatic carbocycles. The van der Waals surface area contributed by atoms with E-state index in [0.717, 1.165) is 61.2 Å². The number of likely N-dealkylation sites (tertiary alicyclic amines) is 1. The Morgan fingerprint density at radius 3 is 2.20 bits per heavy atom. The topological polar surface area (TPSA) is 108 Å². The first-order chi connectivity index (χ1) is 17.0. The molecule has 2 aliphatic rings. The van der Waals surface area contributed by atoms with E-state index in [1.807, 2.05) is 48.5 Å². The number of fused-ring (bicyclic) bond motifs is 3. The van der Waals surface area contributed by atoms with Crippen molar-refractivity contribution < 1.29 is 24.2 Å². The molecule has 2 aromatic rings.